The number of halogens is 1. The highest BCUT2D eigenvalue weighted by Crippen LogP contribution is 2.21. The van der Waals surface area contributed by atoms with E-state index in [0.29, 0.717) is 11.3 Å². The van der Waals surface area contributed by atoms with Crippen LogP contribution in [-0.4, -0.2) is 13.4 Å². The summed E-state index contributed by atoms with van der Waals surface area (Å²) >= 11 is 0. The van der Waals surface area contributed by atoms with Crippen molar-refractivity contribution in [3.8, 4) is 11.5 Å². The molecule has 0 radical (unpaired) electrons. The molecule has 0 aliphatic heterocycles. The fraction of sp³-hybridized carbons (Fsp3) is 0.211. The monoisotopic (exact) mass is 359 g/mol. The number of oxazole rings is 1. The molecule has 1 aromatic heterocycles. The van der Waals surface area contributed by atoms with Crippen LogP contribution >= 0.6 is 0 Å². The van der Waals surface area contributed by atoms with Gasteiger partial charge in [0.2, 0.25) is 5.89 Å². The lowest BCUT2D eigenvalue weighted by molar-refractivity contribution is 0.571. The first-order valence-corrected chi connectivity index (χ1v) is 9.61. The SMILES string of the molecule is Cc1cc(C)cc(CS(=O)(=O)Cc2coc(-c3ccc(F)cc3)n2)c1. The smallest absolute Gasteiger partial charge is 0.226 e. The molecule has 0 unspecified atom stereocenters. The van der Waals surface area contributed by atoms with Crippen LogP contribution in [0.2, 0.25) is 0 Å². The van der Waals surface area contributed by atoms with Gasteiger partial charge in [0.05, 0.1) is 17.2 Å². The van der Waals surface area contributed by atoms with Crippen LogP contribution in [0.25, 0.3) is 11.5 Å². The average molecular weight is 359 g/mol. The van der Waals surface area contributed by atoms with Crippen LogP contribution in [0.3, 0.4) is 0 Å². The van der Waals surface area contributed by atoms with E-state index in [-0.39, 0.29) is 23.2 Å². The zero-order valence-electron chi connectivity index (χ0n) is 14.0. The van der Waals surface area contributed by atoms with Crippen molar-refractivity contribution in [3.05, 3.63) is 76.9 Å². The van der Waals surface area contributed by atoms with Gasteiger partial charge in [0.1, 0.15) is 12.1 Å². The molecule has 0 fully saturated rings. The summed E-state index contributed by atoms with van der Waals surface area (Å²) in [5.74, 6) is -0.331. The Balaban J connectivity index is 1.76. The molecule has 25 heavy (non-hydrogen) atoms. The van der Waals surface area contributed by atoms with Crippen molar-refractivity contribution in [2.45, 2.75) is 25.4 Å². The van der Waals surface area contributed by atoms with Crippen LogP contribution in [0.15, 0.2) is 53.1 Å². The Kier molecular flexibility index (Phi) is 4.72. The zero-order valence-corrected chi connectivity index (χ0v) is 14.8. The van der Waals surface area contributed by atoms with Crippen molar-refractivity contribution in [1.82, 2.24) is 4.98 Å². The zero-order chi connectivity index (χ0) is 18.0. The number of hydrogen-bond donors (Lipinski definition) is 0. The highest BCUT2D eigenvalue weighted by molar-refractivity contribution is 7.89. The fourth-order valence-electron chi connectivity index (χ4n) is 2.78. The van der Waals surface area contributed by atoms with Crippen LogP contribution in [0.5, 0.6) is 0 Å². The summed E-state index contributed by atoms with van der Waals surface area (Å²) in [6.07, 6.45) is 1.33. The van der Waals surface area contributed by atoms with Gasteiger partial charge in [-0.05, 0) is 43.7 Å². The number of benzene rings is 2. The minimum atomic E-state index is -3.38. The van der Waals surface area contributed by atoms with Gasteiger partial charge in [0.25, 0.3) is 0 Å². The number of rotatable bonds is 5. The van der Waals surface area contributed by atoms with Crippen LogP contribution in [0.4, 0.5) is 4.39 Å². The van der Waals surface area contributed by atoms with Crippen molar-refractivity contribution < 1.29 is 17.2 Å². The van der Waals surface area contributed by atoms with Crippen molar-refractivity contribution >= 4 is 9.84 Å². The number of aryl methyl sites for hydroxylation is 2. The summed E-state index contributed by atoms with van der Waals surface area (Å²) in [4.78, 5) is 4.20. The van der Waals surface area contributed by atoms with E-state index in [9.17, 15) is 12.8 Å². The quantitative estimate of drug-likeness (QED) is 0.684. The molecular weight excluding hydrogens is 341 g/mol. The summed E-state index contributed by atoms with van der Waals surface area (Å²) in [7, 11) is -3.38. The summed E-state index contributed by atoms with van der Waals surface area (Å²) in [6.45, 7) is 3.88. The largest absolute Gasteiger partial charge is 0.444 e. The van der Waals surface area contributed by atoms with E-state index in [0.717, 1.165) is 16.7 Å². The Morgan fingerprint density at radius 2 is 1.64 bits per heavy atom. The standard InChI is InChI=1S/C19H18FNO3S/c1-13-7-14(2)9-15(8-13)11-25(22,23)12-18-10-24-19(21-18)16-3-5-17(20)6-4-16/h3-10H,11-12H2,1-2H3. The van der Waals surface area contributed by atoms with Gasteiger partial charge < -0.3 is 4.42 Å². The molecule has 130 valence electrons. The second-order valence-electron chi connectivity index (χ2n) is 6.18. The Morgan fingerprint density at radius 1 is 1.00 bits per heavy atom. The molecule has 0 saturated heterocycles. The molecule has 0 bridgehead atoms. The maximum absolute atomic E-state index is 13.0. The molecule has 2 aromatic carbocycles. The lowest BCUT2D eigenvalue weighted by Gasteiger charge is -2.05. The third-order valence-corrected chi connectivity index (χ3v) is 5.19. The van der Waals surface area contributed by atoms with Gasteiger partial charge in [-0.2, -0.15) is 0 Å². The van der Waals surface area contributed by atoms with E-state index in [2.05, 4.69) is 4.98 Å². The predicted molar refractivity (Wildman–Crippen MR) is 94.1 cm³/mol. The predicted octanol–water partition coefficient (Wildman–Crippen LogP) is 4.21. The van der Waals surface area contributed by atoms with E-state index in [1.54, 1.807) is 0 Å². The highest BCUT2D eigenvalue weighted by Gasteiger charge is 2.17. The Hall–Kier alpha value is -2.47. The maximum Gasteiger partial charge on any atom is 0.226 e. The van der Waals surface area contributed by atoms with E-state index in [1.165, 1.54) is 30.5 Å². The van der Waals surface area contributed by atoms with Crippen LogP contribution in [0.1, 0.15) is 22.4 Å². The van der Waals surface area contributed by atoms with Gasteiger partial charge in [0, 0.05) is 5.56 Å². The second-order valence-corrected chi connectivity index (χ2v) is 8.24. The van der Waals surface area contributed by atoms with Crippen LogP contribution in [-0.2, 0) is 21.3 Å². The number of aromatic nitrogens is 1. The van der Waals surface area contributed by atoms with E-state index >= 15 is 0 Å². The lowest BCUT2D eigenvalue weighted by atomic mass is 10.1. The molecule has 0 N–H and O–H groups in total. The van der Waals surface area contributed by atoms with Gasteiger partial charge in [0.15, 0.2) is 9.84 Å². The van der Waals surface area contributed by atoms with Crippen LogP contribution in [0, 0.1) is 19.7 Å². The first-order valence-electron chi connectivity index (χ1n) is 7.79. The molecule has 0 saturated carbocycles. The van der Waals surface area contributed by atoms with Crippen molar-refractivity contribution in [1.29, 1.82) is 0 Å². The average Bonchev–Trinajstić information content (AvgIpc) is 2.93. The van der Waals surface area contributed by atoms with Gasteiger partial charge in [-0.3, -0.25) is 0 Å². The number of nitrogens with zero attached hydrogens (tertiary/aromatic N) is 1. The van der Waals surface area contributed by atoms with Crippen molar-refractivity contribution in [3.63, 3.8) is 0 Å². The summed E-state index contributed by atoms with van der Waals surface area (Å²) in [6, 6.07) is 11.4. The van der Waals surface area contributed by atoms with Crippen molar-refractivity contribution in [2.24, 2.45) is 0 Å². The molecule has 1 heterocycles. The minimum absolute atomic E-state index is 0.0474. The van der Waals surface area contributed by atoms with Gasteiger partial charge in [-0.25, -0.2) is 17.8 Å². The third kappa shape index (κ3) is 4.54. The lowest BCUT2D eigenvalue weighted by Crippen LogP contribution is -2.08. The molecule has 3 rings (SSSR count). The van der Waals surface area contributed by atoms with Crippen LogP contribution < -0.4 is 0 Å². The third-order valence-electron chi connectivity index (χ3n) is 3.68. The second kappa shape index (κ2) is 6.80. The summed E-state index contributed by atoms with van der Waals surface area (Å²) in [5.41, 5.74) is 3.76. The normalized spacial score (nSPS) is 11.6. The summed E-state index contributed by atoms with van der Waals surface area (Å²) in [5, 5.41) is 0. The highest BCUT2D eigenvalue weighted by atomic mass is 32.2. The van der Waals surface area contributed by atoms with Crippen molar-refractivity contribution in [2.75, 3.05) is 0 Å². The molecule has 0 aliphatic carbocycles. The number of sulfone groups is 1. The van der Waals surface area contributed by atoms with E-state index in [1.807, 2.05) is 32.0 Å². The van der Waals surface area contributed by atoms with Gasteiger partial charge in [-0.1, -0.05) is 29.3 Å². The van der Waals surface area contributed by atoms with Gasteiger partial charge >= 0.3 is 0 Å². The summed E-state index contributed by atoms with van der Waals surface area (Å²) < 4.78 is 43.2. The molecule has 6 heteroatoms. The first-order chi connectivity index (χ1) is 11.8. The Labute approximate surface area is 146 Å². The van der Waals surface area contributed by atoms with Gasteiger partial charge in [-0.15, -0.1) is 0 Å². The number of hydrogen-bond acceptors (Lipinski definition) is 4. The minimum Gasteiger partial charge on any atom is -0.444 e. The Bertz CT molecular complexity index is 972. The molecule has 4 nitrogen and oxygen atoms in total. The topological polar surface area (TPSA) is 60.2 Å². The van der Waals surface area contributed by atoms with E-state index in [4.69, 9.17) is 4.42 Å². The molecule has 0 atom stereocenters. The fourth-order valence-corrected chi connectivity index (χ4v) is 4.14. The molecule has 0 spiro atoms. The van der Waals surface area contributed by atoms with E-state index < -0.39 is 9.84 Å². The molecule has 3 aromatic rings. The molecular formula is C19H18FNO3S. The first kappa shape index (κ1) is 17.4. The maximum atomic E-state index is 13.0. The molecule has 0 aliphatic rings. The Morgan fingerprint density at radius 3 is 2.28 bits per heavy atom. The molecule has 0 amide bonds.